The summed E-state index contributed by atoms with van der Waals surface area (Å²) in [6.07, 6.45) is 1.03. The molecule has 0 aliphatic rings. The van der Waals surface area contributed by atoms with Gasteiger partial charge in [-0.05, 0) is 6.42 Å². The third kappa shape index (κ3) is 10.5. The third-order valence-electron chi connectivity index (χ3n) is 0.584. The first-order valence-electron chi connectivity index (χ1n) is 2.60. The van der Waals surface area contributed by atoms with Gasteiger partial charge in [0.15, 0.2) is 0 Å². The zero-order chi connectivity index (χ0) is 5.54. The third-order valence-corrected chi connectivity index (χ3v) is 0.584. The van der Waals surface area contributed by atoms with Crippen molar-refractivity contribution in [3.63, 3.8) is 0 Å². The summed E-state index contributed by atoms with van der Waals surface area (Å²) in [5.74, 6) is 0. The first kappa shape index (κ1) is 12.3. The van der Waals surface area contributed by atoms with Gasteiger partial charge in [-0.2, -0.15) is 0 Å². The van der Waals surface area contributed by atoms with E-state index in [4.69, 9.17) is 9.84 Å². The zero-order valence-electron chi connectivity index (χ0n) is 4.68. The number of aliphatic hydroxyl groups is 1. The van der Waals surface area contributed by atoms with Gasteiger partial charge in [-0.15, -0.1) is 0 Å². The monoisotopic (exact) mass is 144 g/mol. The average Bonchev–Trinajstić information content (AvgIpc) is 1.69. The van der Waals surface area contributed by atoms with Crippen LogP contribution in [0.15, 0.2) is 0 Å². The van der Waals surface area contributed by atoms with E-state index < -0.39 is 0 Å². The van der Waals surface area contributed by atoms with Crippen LogP contribution >= 0.6 is 0 Å². The van der Waals surface area contributed by atoms with Crippen molar-refractivity contribution in [2.75, 3.05) is 19.8 Å². The van der Waals surface area contributed by atoms with Gasteiger partial charge in [0, 0.05) is 6.61 Å². The molecular formula is C5H13KO2. The molecule has 0 aromatic carbocycles. The van der Waals surface area contributed by atoms with Crippen LogP contribution in [0.5, 0.6) is 0 Å². The van der Waals surface area contributed by atoms with Crippen molar-refractivity contribution in [3.8, 4) is 0 Å². The van der Waals surface area contributed by atoms with Crippen LogP contribution in [0.4, 0.5) is 0 Å². The summed E-state index contributed by atoms with van der Waals surface area (Å²) in [4.78, 5) is 0. The predicted molar refractivity (Wildman–Crippen MR) is 35.3 cm³/mol. The molecule has 46 valence electrons. The molecule has 0 atom stereocenters. The van der Waals surface area contributed by atoms with Crippen molar-refractivity contribution < 1.29 is 9.84 Å². The van der Waals surface area contributed by atoms with Gasteiger partial charge in [-0.1, -0.05) is 6.92 Å². The summed E-state index contributed by atoms with van der Waals surface area (Å²) in [7, 11) is 0. The summed E-state index contributed by atoms with van der Waals surface area (Å²) < 4.78 is 4.88. The Hall–Kier alpha value is 1.56. The standard InChI is InChI=1S/C5H12O2.K.H/c1-2-4-7-5-3-6;;/h6H,2-5H2,1H3;;. The molecule has 3 heteroatoms. The molecule has 0 fully saturated rings. The molecule has 0 heterocycles. The average molecular weight is 144 g/mol. The Morgan fingerprint density at radius 3 is 2.38 bits per heavy atom. The molecule has 0 unspecified atom stereocenters. The second-order valence-electron chi connectivity index (χ2n) is 1.34. The van der Waals surface area contributed by atoms with Crippen LogP contribution in [-0.4, -0.2) is 76.3 Å². The summed E-state index contributed by atoms with van der Waals surface area (Å²) in [6.45, 7) is 3.42. The maximum absolute atomic E-state index is 8.17. The first-order chi connectivity index (χ1) is 3.41. The quantitative estimate of drug-likeness (QED) is 0.436. The van der Waals surface area contributed by atoms with Gasteiger partial charge in [-0.25, -0.2) is 0 Å². The van der Waals surface area contributed by atoms with Crippen molar-refractivity contribution in [2.24, 2.45) is 0 Å². The molecule has 0 saturated heterocycles. The Kier molecular flexibility index (Phi) is 17.4. The Balaban J connectivity index is 0. The SMILES string of the molecule is CCCOCCO.[KH]. The molecule has 0 aromatic heterocycles. The van der Waals surface area contributed by atoms with Gasteiger partial charge >= 0.3 is 51.4 Å². The molecule has 0 aliphatic heterocycles. The summed E-state index contributed by atoms with van der Waals surface area (Å²) >= 11 is 0. The number of hydrogen-bond acceptors (Lipinski definition) is 2. The van der Waals surface area contributed by atoms with Crippen molar-refractivity contribution >= 4 is 51.4 Å². The fourth-order valence-corrected chi connectivity index (χ4v) is 0.311. The fraction of sp³-hybridized carbons (Fsp3) is 1.00. The van der Waals surface area contributed by atoms with Crippen LogP contribution in [-0.2, 0) is 4.74 Å². The number of hydrogen-bond donors (Lipinski definition) is 1. The molecule has 0 spiro atoms. The zero-order valence-corrected chi connectivity index (χ0v) is 4.68. The van der Waals surface area contributed by atoms with E-state index in [0.717, 1.165) is 13.0 Å². The van der Waals surface area contributed by atoms with Crippen LogP contribution < -0.4 is 0 Å². The Morgan fingerprint density at radius 1 is 1.38 bits per heavy atom. The van der Waals surface area contributed by atoms with Gasteiger partial charge in [0.1, 0.15) is 0 Å². The topological polar surface area (TPSA) is 29.5 Å². The second-order valence-corrected chi connectivity index (χ2v) is 1.34. The van der Waals surface area contributed by atoms with E-state index in [1.807, 2.05) is 6.92 Å². The number of aliphatic hydroxyl groups excluding tert-OH is 1. The summed E-state index contributed by atoms with van der Waals surface area (Å²) in [5.41, 5.74) is 0. The minimum absolute atomic E-state index is 0. The van der Waals surface area contributed by atoms with Gasteiger partial charge < -0.3 is 9.84 Å². The van der Waals surface area contributed by atoms with Crippen LogP contribution in [0.3, 0.4) is 0 Å². The van der Waals surface area contributed by atoms with Gasteiger partial charge in [-0.3, -0.25) is 0 Å². The van der Waals surface area contributed by atoms with Gasteiger partial charge in [0.2, 0.25) is 0 Å². The van der Waals surface area contributed by atoms with Crippen LogP contribution in [0.25, 0.3) is 0 Å². The predicted octanol–water partition coefficient (Wildman–Crippen LogP) is -0.243. The Bertz CT molecular complexity index is 29.6. The minimum atomic E-state index is 0. The number of ether oxygens (including phenoxy) is 1. The van der Waals surface area contributed by atoms with Crippen molar-refractivity contribution in [2.45, 2.75) is 13.3 Å². The maximum atomic E-state index is 8.17. The molecule has 0 amide bonds. The normalized spacial score (nSPS) is 8.25. The van der Waals surface area contributed by atoms with E-state index in [0.29, 0.717) is 6.61 Å². The molecule has 0 radical (unpaired) electrons. The Labute approximate surface area is 93.0 Å². The molecule has 1 N–H and O–H groups in total. The fourth-order valence-electron chi connectivity index (χ4n) is 0.311. The molecule has 0 bridgehead atoms. The summed E-state index contributed by atoms with van der Waals surface area (Å²) in [6, 6.07) is 0. The molecule has 8 heavy (non-hydrogen) atoms. The van der Waals surface area contributed by atoms with Crippen LogP contribution in [0.1, 0.15) is 13.3 Å². The molecular weight excluding hydrogens is 131 g/mol. The van der Waals surface area contributed by atoms with E-state index in [1.165, 1.54) is 0 Å². The van der Waals surface area contributed by atoms with E-state index in [-0.39, 0.29) is 58.0 Å². The van der Waals surface area contributed by atoms with Crippen LogP contribution in [0, 0.1) is 0 Å². The Morgan fingerprint density at radius 2 is 2.00 bits per heavy atom. The van der Waals surface area contributed by atoms with Gasteiger partial charge in [0.05, 0.1) is 13.2 Å². The van der Waals surface area contributed by atoms with Gasteiger partial charge in [0.25, 0.3) is 0 Å². The number of rotatable bonds is 4. The van der Waals surface area contributed by atoms with Crippen molar-refractivity contribution in [1.82, 2.24) is 0 Å². The van der Waals surface area contributed by atoms with Crippen molar-refractivity contribution in [1.29, 1.82) is 0 Å². The summed E-state index contributed by atoms with van der Waals surface area (Å²) in [5, 5.41) is 8.17. The second kappa shape index (κ2) is 11.4. The molecule has 2 nitrogen and oxygen atoms in total. The van der Waals surface area contributed by atoms with Crippen LogP contribution in [0.2, 0.25) is 0 Å². The molecule has 0 aliphatic carbocycles. The van der Waals surface area contributed by atoms with E-state index in [1.54, 1.807) is 0 Å². The molecule has 0 aromatic rings. The van der Waals surface area contributed by atoms with E-state index >= 15 is 0 Å². The molecule has 0 rings (SSSR count). The van der Waals surface area contributed by atoms with E-state index in [9.17, 15) is 0 Å². The van der Waals surface area contributed by atoms with E-state index in [2.05, 4.69) is 0 Å². The first-order valence-corrected chi connectivity index (χ1v) is 2.60. The molecule has 0 saturated carbocycles. The van der Waals surface area contributed by atoms with Crippen molar-refractivity contribution in [3.05, 3.63) is 0 Å².